The van der Waals surface area contributed by atoms with E-state index in [1.165, 1.54) is 12.8 Å². The fourth-order valence-electron chi connectivity index (χ4n) is 3.18. The first-order chi connectivity index (χ1) is 10.2. The van der Waals surface area contributed by atoms with E-state index < -0.39 is 0 Å². The molecule has 6 heteroatoms. The molecule has 0 radical (unpaired) electrons. The molecule has 0 aromatic carbocycles. The van der Waals surface area contributed by atoms with Crippen LogP contribution in [0.5, 0.6) is 0 Å². The zero-order valence-corrected chi connectivity index (χ0v) is 12.7. The third-order valence-corrected chi connectivity index (χ3v) is 4.47. The second-order valence-corrected chi connectivity index (χ2v) is 6.43. The van der Waals surface area contributed by atoms with Crippen LogP contribution in [0.15, 0.2) is 10.6 Å². The van der Waals surface area contributed by atoms with Crippen LogP contribution in [-0.2, 0) is 17.6 Å². The summed E-state index contributed by atoms with van der Waals surface area (Å²) in [7, 11) is 2.18. The van der Waals surface area contributed by atoms with Crippen molar-refractivity contribution in [3.8, 4) is 0 Å². The van der Waals surface area contributed by atoms with Crippen molar-refractivity contribution < 1.29 is 14.4 Å². The van der Waals surface area contributed by atoms with Crippen LogP contribution in [0.2, 0.25) is 0 Å². The van der Waals surface area contributed by atoms with Crippen LogP contribution >= 0.6 is 0 Å². The lowest BCUT2D eigenvalue weighted by molar-refractivity contribution is -0.0823. The normalized spacial score (nSPS) is 23.1. The van der Waals surface area contributed by atoms with Gasteiger partial charge < -0.3 is 24.6 Å². The van der Waals surface area contributed by atoms with Crippen LogP contribution in [0, 0.1) is 0 Å². The molecule has 3 heterocycles. The summed E-state index contributed by atoms with van der Waals surface area (Å²) in [5, 5.41) is 16.8. The molecule has 3 rings (SSSR count). The van der Waals surface area contributed by atoms with E-state index in [-0.39, 0.29) is 12.1 Å². The Morgan fingerprint density at radius 1 is 1.43 bits per heavy atom. The highest BCUT2D eigenvalue weighted by Crippen LogP contribution is 2.25. The summed E-state index contributed by atoms with van der Waals surface area (Å²) in [6.45, 7) is 3.87. The van der Waals surface area contributed by atoms with Crippen molar-refractivity contribution >= 4 is 0 Å². The van der Waals surface area contributed by atoms with Gasteiger partial charge in [-0.25, -0.2) is 0 Å². The van der Waals surface area contributed by atoms with Crippen molar-refractivity contribution in [2.45, 2.75) is 37.3 Å². The average Bonchev–Trinajstić information content (AvgIpc) is 2.86. The third kappa shape index (κ3) is 3.63. The summed E-state index contributed by atoms with van der Waals surface area (Å²) < 4.78 is 10.7. The number of aromatic nitrogens is 1. The molecule has 6 nitrogen and oxygen atoms in total. The van der Waals surface area contributed by atoms with Crippen molar-refractivity contribution in [2.75, 3.05) is 40.0 Å². The second-order valence-electron chi connectivity index (χ2n) is 6.43. The van der Waals surface area contributed by atoms with Gasteiger partial charge in [-0.3, -0.25) is 0 Å². The number of ether oxygens (including phenoxy) is 1. The predicted molar refractivity (Wildman–Crippen MR) is 78.2 cm³/mol. The molecule has 21 heavy (non-hydrogen) atoms. The van der Waals surface area contributed by atoms with Crippen molar-refractivity contribution in [3.05, 3.63) is 17.5 Å². The molecule has 1 aromatic heterocycles. The Hall–Kier alpha value is -0.950. The zero-order valence-electron chi connectivity index (χ0n) is 12.7. The van der Waals surface area contributed by atoms with E-state index in [0.29, 0.717) is 12.5 Å². The van der Waals surface area contributed by atoms with Gasteiger partial charge in [0.05, 0.1) is 31.1 Å². The fraction of sp³-hybridized carbons (Fsp3) is 0.800. The van der Waals surface area contributed by atoms with E-state index in [9.17, 15) is 0 Å². The van der Waals surface area contributed by atoms with E-state index >= 15 is 0 Å². The van der Waals surface area contributed by atoms with Crippen LogP contribution in [0.3, 0.4) is 0 Å². The highest BCUT2D eigenvalue weighted by Gasteiger charge is 2.41. The van der Waals surface area contributed by atoms with Gasteiger partial charge in [-0.2, -0.15) is 0 Å². The number of aliphatic hydroxyl groups excluding tert-OH is 1. The quantitative estimate of drug-likeness (QED) is 0.781. The molecule has 0 amide bonds. The summed E-state index contributed by atoms with van der Waals surface area (Å²) in [6.07, 6.45) is 3.73. The van der Waals surface area contributed by atoms with Gasteiger partial charge in [-0.1, -0.05) is 5.16 Å². The Morgan fingerprint density at radius 2 is 2.19 bits per heavy atom. The second kappa shape index (κ2) is 6.44. The van der Waals surface area contributed by atoms with E-state index in [1.807, 2.05) is 6.07 Å². The lowest BCUT2D eigenvalue weighted by Gasteiger charge is -2.45. The monoisotopic (exact) mass is 295 g/mol. The molecule has 2 saturated heterocycles. The van der Waals surface area contributed by atoms with Gasteiger partial charge in [0.25, 0.3) is 0 Å². The van der Waals surface area contributed by atoms with Crippen molar-refractivity contribution in [2.24, 2.45) is 0 Å². The Morgan fingerprint density at radius 3 is 2.81 bits per heavy atom. The molecule has 1 aromatic rings. The molecular formula is C15H25N3O3. The molecule has 118 valence electrons. The minimum Gasteiger partial charge on any atom is -0.396 e. The minimum atomic E-state index is 0.00787. The molecule has 0 bridgehead atoms. The summed E-state index contributed by atoms with van der Waals surface area (Å²) >= 11 is 0. The number of hydrogen-bond acceptors (Lipinski definition) is 6. The molecule has 2 N–H and O–H groups in total. The Kier molecular flexibility index (Phi) is 4.59. The predicted octanol–water partition coefficient (Wildman–Crippen LogP) is 0.205. The van der Waals surface area contributed by atoms with Gasteiger partial charge in [0, 0.05) is 24.9 Å². The lowest BCUT2D eigenvalue weighted by Crippen LogP contribution is -2.65. The Labute approximate surface area is 125 Å². The van der Waals surface area contributed by atoms with Crippen LogP contribution in [0.1, 0.15) is 24.3 Å². The van der Waals surface area contributed by atoms with E-state index in [0.717, 1.165) is 44.2 Å². The van der Waals surface area contributed by atoms with Crippen LogP contribution in [-0.4, -0.2) is 66.7 Å². The third-order valence-electron chi connectivity index (χ3n) is 4.47. The van der Waals surface area contributed by atoms with Gasteiger partial charge in [-0.05, 0) is 33.0 Å². The Balaban J connectivity index is 1.58. The minimum absolute atomic E-state index is 0.00787. The van der Waals surface area contributed by atoms with Gasteiger partial charge in [0.2, 0.25) is 0 Å². The smallest absolute Gasteiger partial charge is 0.139 e. The molecule has 0 aliphatic carbocycles. The Bertz CT molecular complexity index is 451. The largest absolute Gasteiger partial charge is 0.396 e. The number of rotatable bonds is 6. The zero-order chi connectivity index (χ0) is 14.7. The maximum atomic E-state index is 8.93. The molecule has 2 fully saturated rings. The molecule has 2 aliphatic heterocycles. The molecule has 0 atom stereocenters. The van der Waals surface area contributed by atoms with Gasteiger partial charge in [0.15, 0.2) is 0 Å². The van der Waals surface area contributed by atoms with Crippen LogP contribution in [0.4, 0.5) is 0 Å². The van der Waals surface area contributed by atoms with Gasteiger partial charge in [-0.15, -0.1) is 0 Å². The standard InChI is InChI=1S/C15H25N3O3/c1-18-5-2-12(3-6-18)16-15(10-20-11-15)9-13-8-14(4-7-19)21-17-13/h8,12,16,19H,2-7,9-11H2,1H3. The van der Waals surface area contributed by atoms with Crippen LogP contribution < -0.4 is 5.32 Å². The van der Waals surface area contributed by atoms with Crippen molar-refractivity contribution in [3.63, 3.8) is 0 Å². The molecule has 0 unspecified atom stereocenters. The number of likely N-dealkylation sites (tertiary alicyclic amines) is 1. The van der Waals surface area contributed by atoms with Crippen molar-refractivity contribution in [1.29, 1.82) is 0 Å². The highest BCUT2D eigenvalue weighted by molar-refractivity contribution is 5.13. The van der Waals surface area contributed by atoms with E-state index in [1.54, 1.807) is 0 Å². The number of piperidine rings is 1. The first kappa shape index (κ1) is 15.0. The molecule has 0 saturated carbocycles. The number of nitrogens with zero attached hydrogens (tertiary/aromatic N) is 2. The summed E-state index contributed by atoms with van der Waals surface area (Å²) in [5.41, 5.74) is 0.954. The topological polar surface area (TPSA) is 70.8 Å². The van der Waals surface area contributed by atoms with Crippen molar-refractivity contribution in [1.82, 2.24) is 15.4 Å². The summed E-state index contributed by atoms with van der Waals surface area (Å²) in [5.74, 6) is 0.752. The SMILES string of the molecule is CN1CCC(NC2(Cc3cc(CCO)on3)COC2)CC1. The maximum Gasteiger partial charge on any atom is 0.139 e. The van der Waals surface area contributed by atoms with Gasteiger partial charge in [0.1, 0.15) is 5.76 Å². The van der Waals surface area contributed by atoms with E-state index in [4.69, 9.17) is 14.4 Å². The first-order valence-electron chi connectivity index (χ1n) is 7.78. The summed E-state index contributed by atoms with van der Waals surface area (Å²) in [4.78, 5) is 2.38. The summed E-state index contributed by atoms with van der Waals surface area (Å²) in [6, 6.07) is 2.51. The van der Waals surface area contributed by atoms with Gasteiger partial charge >= 0.3 is 0 Å². The average molecular weight is 295 g/mol. The van der Waals surface area contributed by atoms with Crippen LogP contribution in [0.25, 0.3) is 0 Å². The number of nitrogens with one attached hydrogen (secondary N) is 1. The fourth-order valence-corrected chi connectivity index (χ4v) is 3.18. The van der Waals surface area contributed by atoms with E-state index in [2.05, 4.69) is 22.4 Å². The first-order valence-corrected chi connectivity index (χ1v) is 7.78. The highest BCUT2D eigenvalue weighted by atomic mass is 16.5. The molecular weight excluding hydrogens is 270 g/mol. The number of hydrogen-bond donors (Lipinski definition) is 2. The lowest BCUT2D eigenvalue weighted by atomic mass is 9.88. The number of aliphatic hydroxyl groups is 1. The maximum absolute atomic E-state index is 8.93. The molecule has 0 spiro atoms. The molecule has 2 aliphatic rings.